The van der Waals surface area contributed by atoms with Gasteiger partial charge in [0.05, 0.1) is 27.4 Å². The second-order valence-electron chi connectivity index (χ2n) is 3.20. The smallest absolute Gasteiger partial charge is 0.142 e. The zero-order chi connectivity index (χ0) is 12.6. The van der Waals surface area contributed by atoms with Crippen LogP contribution in [-0.2, 0) is 0 Å². The molecular formula is C10H4Cl2FN2O2-. The maximum atomic E-state index is 13.3. The van der Waals surface area contributed by atoms with Crippen molar-refractivity contribution in [1.29, 1.82) is 0 Å². The summed E-state index contributed by atoms with van der Waals surface area (Å²) in [5, 5.41) is 16.5. The molecule has 0 radical (unpaired) electrons. The van der Waals surface area contributed by atoms with E-state index in [1.165, 1.54) is 12.1 Å². The fourth-order valence-electron chi connectivity index (χ4n) is 1.28. The van der Waals surface area contributed by atoms with Crippen LogP contribution >= 0.6 is 23.2 Å². The minimum Gasteiger partial charge on any atom is -0.543 e. The molecule has 0 bridgehead atoms. The van der Waals surface area contributed by atoms with E-state index in [-0.39, 0.29) is 27.0 Å². The Morgan fingerprint density at radius 3 is 2.59 bits per heavy atom. The lowest BCUT2D eigenvalue weighted by atomic mass is 10.1. The molecule has 0 aliphatic heterocycles. The van der Waals surface area contributed by atoms with Crippen molar-refractivity contribution >= 4 is 29.2 Å². The van der Waals surface area contributed by atoms with Crippen LogP contribution in [0.2, 0.25) is 10.0 Å². The van der Waals surface area contributed by atoms with Gasteiger partial charge in [-0.1, -0.05) is 23.2 Å². The highest BCUT2D eigenvalue weighted by Crippen LogP contribution is 2.31. The Kier molecular flexibility index (Phi) is 3.04. The monoisotopic (exact) mass is 273 g/mol. The van der Waals surface area contributed by atoms with Gasteiger partial charge in [0.2, 0.25) is 0 Å². The van der Waals surface area contributed by atoms with Crippen molar-refractivity contribution in [3.8, 4) is 11.3 Å². The number of carbonyl (C=O) groups excluding carboxylic acids is 1. The van der Waals surface area contributed by atoms with Crippen molar-refractivity contribution in [2.45, 2.75) is 0 Å². The normalized spacial score (nSPS) is 10.5. The van der Waals surface area contributed by atoms with Gasteiger partial charge in [-0.05, 0) is 18.2 Å². The topological polar surface area (TPSA) is 68.8 Å². The largest absolute Gasteiger partial charge is 0.543 e. The summed E-state index contributed by atoms with van der Waals surface area (Å²) in [5.41, 5.74) is 0.230. The molecule has 0 spiro atoms. The number of aromatic nitrogens is 2. The SMILES string of the molecule is O=C([O-])c1cc(-c2cc(F)c(Cl)cc2Cl)n[nH]1. The molecule has 2 rings (SSSR count). The zero-order valence-corrected chi connectivity index (χ0v) is 9.64. The molecular weight excluding hydrogens is 270 g/mol. The van der Waals surface area contributed by atoms with Gasteiger partial charge in [-0.15, -0.1) is 0 Å². The van der Waals surface area contributed by atoms with E-state index in [4.69, 9.17) is 23.2 Å². The molecule has 88 valence electrons. The number of hydrogen-bond donors (Lipinski definition) is 1. The minimum atomic E-state index is -1.41. The molecule has 1 N–H and O–H groups in total. The van der Waals surface area contributed by atoms with Crippen molar-refractivity contribution in [1.82, 2.24) is 10.2 Å². The maximum absolute atomic E-state index is 13.3. The number of benzene rings is 1. The number of halogens is 3. The van der Waals surface area contributed by atoms with E-state index >= 15 is 0 Å². The summed E-state index contributed by atoms with van der Waals surface area (Å²) in [7, 11) is 0. The summed E-state index contributed by atoms with van der Waals surface area (Å²) in [6, 6.07) is 3.50. The quantitative estimate of drug-likeness (QED) is 0.850. The molecule has 0 unspecified atom stereocenters. The average Bonchev–Trinajstić information content (AvgIpc) is 2.72. The number of carboxylic acid groups (broad SMARTS) is 1. The van der Waals surface area contributed by atoms with Gasteiger partial charge >= 0.3 is 0 Å². The second-order valence-corrected chi connectivity index (χ2v) is 4.01. The van der Waals surface area contributed by atoms with Crippen molar-refractivity contribution < 1.29 is 14.3 Å². The Labute approximate surface area is 105 Å². The standard InChI is InChI=1S/C10H5Cl2FN2O2/c11-5-2-6(12)7(13)1-4(5)8-3-9(10(16)17)15-14-8/h1-3H,(H,14,15)(H,16,17)/p-1. The lowest BCUT2D eigenvalue weighted by Crippen LogP contribution is -2.22. The first-order chi connectivity index (χ1) is 7.99. The molecule has 0 aliphatic carbocycles. The highest BCUT2D eigenvalue weighted by molar-refractivity contribution is 6.36. The van der Waals surface area contributed by atoms with E-state index in [1.54, 1.807) is 0 Å². The van der Waals surface area contributed by atoms with Gasteiger partial charge < -0.3 is 9.90 Å². The van der Waals surface area contributed by atoms with Gasteiger partial charge in [-0.25, -0.2) is 4.39 Å². The number of aromatic carboxylic acids is 1. The lowest BCUT2D eigenvalue weighted by Gasteiger charge is -2.02. The van der Waals surface area contributed by atoms with Crippen LogP contribution in [0.25, 0.3) is 11.3 Å². The van der Waals surface area contributed by atoms with Crippen LogP contribution in [0, 0.1) is 5.82 Å². The first-order valence-corrected chi connectivity index (χ1v) is 5.16. The Bertz CT molecular complexity index is 598. The van der Waals surface area contributed by atoms with Crippen LogP contribution in [0.15, 0.2) is 18.2 Å². The lowest BCUT2D eigenvalue weighted by molar-refractivity contribution is -0.255. The van der Waals surface area contributed by atoms with E-state index in [1.807, 2.05) is 0 Å². The first kappa shape index (κ1) is 11.9. The molecule has 0 saturated carbocycles. The van der Waals surface area contributed by atoms with Crippen LogP contribution in [0.4, 0.5) is 4.39 Å². The molecule has 1 aromatic heterocycles. The van der Waals surface area contributed by atoms with Crippen molar-refractivity contribution in [2.24, 2.45) is 0 Å². The third-order valence-electron chi connectivity index (χ3n) is 2.08. The summed E-state index contributed by atoms with van der Waals surface area (Å²) in [6.45, 7) is 0. The van der Waals surface area contributed by atoms with Crippen LogP contribution in [0.1, 0.15) is 10.5 Å². The van der Waals surface area contributed by atoms with E-state index < -0.39 is 11.8 Å². The van der Waals surface area contributed by atoms with Crippen LogP contribution in [0.3, 0.4) is 0 Å². The van der Waals surface area contributed by atoms with Crippen molar-refractivity contribution in [3.63, 3.8) is 0 Å². The zero-order valence-electron chi connectivity index (χ0n) is 8.13. The highest BCUT2D eigenvalue weighted by atomic mass is 35.5. The molecule has 4 nitrogen and oxygen atoms in total. The van der Waals surface area contributed by atoms with Crippen LogP contribution in [-0.4, -0.2) is 16.2 Å². The Morgan fingerprint density at radius 2 is 2.00 bits per heavy atom. The molecule has 1 heterocycles. The third-order valence-corrected chi connectivity index (χ3v) is 2.69. The number of aromatic amines is 1. The Hall–Kier alpha value is -1.59. The molecule has 17 heavy (non-hydrogen) atoms. The number of H-pyrrole nitrogens is 1. The maximum Gasteiger partial charge on any atom is 0.142 e. The molecule has 0 saturated heterocycles. The van der Waals surface area contributed by atoms with Gasteiger partial charge in [-0.3, -0.25) is 5.10 Å². The summed E-state index contributed by atoms with van der Waals surface area (Å²) in [5.74, 6) is -2.07. The predicted molar refractivity (Wildman–Crippen MR) is 58.3 cm³/mol. The first-order valence-electron chi connectivity index (χ1n) is 4.40. The van der Waals surface area contributed by atoms with E-state index in [0.29, 0.717) is 0 Å². The molecule has 0 aliphatic rings. The van der Waals surface area contributed by atoms with Gasteiger partial charge in [0.25, 0.3) is 0 Å². The number of carbonyl (C=O) groups is 1. The molecule has 2 aromatic rings. The number of carboxylic acids is 1. The fraction of sp³-hybridized carbons (Fsp3) is 0. The summed E-state index contributed by atoms with van der Waals surface area (Å²) >= 11 is 11.4. The van der Waals surface area contributed by atoms with Gasteiger partial charge in [0.1, 0.15) is 5.82 Å². The van der Waals surface area contributed by atoms with Crippen LogP contribution < -0.4 is 5.11 Å². The van der Waals surface area contributed by atoms with E-state index in [9.17, 15) is 14.3 Å². The number of nitrogens with zero attached hydrogens (tertiary/aromatic N) is 1. The summed E-state index contributed by atoms with van der Waals surface area (Å²) < 4.78 is 13.3. The molecule has 0 atom stereocenters. The number of hydrogen-bond acceptors (Lipinski definition) is 3. The molecule has 7 heteroatoms. The minimum absolute atomic E-state index is 0.116. The highest BCUT2D eigenvalue weighted by Gasteiger charge is 2.12. The molecule has 0 amide bonds. The van der Waals surface area contributed by atoms with Crippen molar-refractivity contribution in [3.05, 3.63) is 39.8 Å². The van der Waals surface area contributed by atoms with Crippen LogP contribution in [0.5, 0.6) is 0 Å². The molecule has 0 fully saturated rings. The summed E-state index contributed by atoms with van der Waals surface area (Å²) in [4.78, 5) is 10.5. The van der Waals surface area contributed by atoms with E-state index in [2.05, 4.69) is 10.2 Å². The number of rotatable bonds is 2. The Morgan fingerprint density at radius 1 is 1.29 bits per heavy atom. The average molecular weight is 274 g/mol. The van der Waals surface area contributed by atoms with Crippen molar-refractivity contribution in [2.75, 3.05) is 0 Å². The van der Waals surface area contributed by atoms with Gasteiger partial charge in [-0.2, -0.15) is 5.10 Å². The Balaban J connectivity index is 2.52. The fourth-order valence-corrected chi connectivity index (χ4v) is 1.76. The third kappa shape index (κ3) is 2.25. The summed E-state index contributed by atoms with van der Waals surface area (Å²) in [6.07, 6.45) is 0. The molecule has 1 aromatic carbocycles. The predicted octanol–water partition coefficient (Wildman–Crippen LogP) is 1.89. The van der Waals surface area contributed by atoms with Gasteiger partial charge in [0.15, 0.2) is 0 Å². The second kappa shape index (κ2) is 4.35. The van der Waals surface area contributed by atoms with E-state index in [0.717, 1.165) is 6.07 Å². The number of nitrogens with one attached hydrogen (secondary N) is 1. The van der Waals surface area contributed by atoms with Gasteiger partial charge in [0, 0.05) is 5.56 Å².